The van der Waals surface area contributed by atoms with E-state index < -0.39 is 0 Å². The van der Waals surface area contributed by atoms with Crippen molar-refractivity contribution < 1.29 is 9.53 Å². The molecular formula is C19H15Cl2N3O2S. The fourth-order valence-corrected chi connectivity index (χ4v) is 3.44. The van der Waals surface area contributed by atoms with Gasteiger partial charge in [-0.05, 0) is 42.5 Å². The molecule has 1 amide bonds. The number of methoxy groups -OCH3 is 1. The lowest BCUT2D eigenvalue weighted by Crippen LogP contribution is -2.14. The lowest BCUT2D eigenvalue weighted by Gasteiger charge is -2.06. The Morgan fingerprint density at radius 2 is 1.85 bits per heavy atom. The molecule has 0 atom stereocenters. The van der Waals surface area contributed by atoms with Crippen molar-refractivity contribution in [2.24, 2.45) is 0 Å². The van der Waals surface area contributed by atoms with Crippen molar-refractivity contribution in [3.63, 3.8) is 0 Å². The molecule has 0 spiro atoms. The van der Waals surface area contributed by atoms with Crippen molar-refractivity contribution in [2.45, 2.75) is 5.03 Å². The molecule has 138 valence electrons. The van der Waals surface area contributed by atoms with Gasteiger partial charge < -0.3 is 10.1 Å². The molecule has 1 aromatic heterocycles. The van der Waals surface area contributed by atoms with E-state index in [-0.39, 0.29) is 11.7 Å². The van der Waals surface area contributed by atoms with E-state index >= 15 is 0 Å². The highest BCUT2D eigenvalue weighted by Gasteiger charge is 2.08. The van der Waals surface area contributed by atoms with Gasteiger partial charge in [-0.2, -0.15) is 0 Å². The summed E-state index contributed by atoms with van der Waals surface area (Å²) in [5, 5.41) is 12.7. The van der Waals surface area contributed by atoms with Crippen LogP contribution in [0.3, 0.4) is 0 Å². The number of nitrogens with zero attached hydrogens (tertiary/aromatic N) is 2. The van der Waals surface area contributed by atoms with E-state index in [2.05, 4.69) is 15.5 Å². The molecule has 27 heavy (non-hydrogen) atoms. The molecule has 5 nitrogen and oxygen atoms in total. The van der Waals surface area contributed by atoms with Crippen molar-refractivity contribution in [1.82, 2.24) is 10.2 Å². The van der Waals surface area contributed by atoms with Gasteiger partial charge in [0.05, 0.1) is 18.6 Å². The molecule has 3 rings (SSSR count). The summed E-state index contributed by atoms with van der Waals surface area (Å²) in [5.41, 5.74) is 2.20. The zero-order chi connectivity index (χ0) is 19.2. The summed E-state index contributed by atoms with van der Waals surface area (Å²) < 4.78 is 5.22. The van der Waals surface area contributed by atoms with E-state index in [0.717, 1.165) is 17.0 Å². The molecule has 0 aliphatic carbocycles. The van der Waals surface area contributed by atoms with Crippen LogP contribution in [-0.4, -0.2) is 29.0 Å². The number of anilines is 1. The van der Waals surface area contributed by atoms with Crippen LogP contribution in [0.5, 0.6) is 5.75 Å². The SMILES string of the molecule is COc1cccc(-c2ccc(SCC(=O)Nc3cc(Cl)cc(Cl)c3)nn2)c1. The van der Waals surface area contributed by atoms with E-state index in [4.69, 9.17) is 27.9 Å². The van der Waals surface area contributed by atoms with Crippen LogP contribution in [0.25, 0.3) is 11.3 Å². The number of hydrogen-bond donors (Lipinski definition) is 1. The normalized spacial score (nSPS) is 10.5. The largest absolute Gasteiger partial charge is 0.497 e. The summed E-state index contributed by atoms with van der Waals surface area (Å²) in [6, 6.07) is 16.2. The standard InChI is InChI=1S/C19H15Cl2N3O2S/c1-26-16-4-2-3-12(7-16)17-5-6-19(24-23-17)27-11-18(25)22-15-9-13(20)8-14(21)10-15/h2-10H,11H2,1H3,(H,22,25). The Morgan fingerprint density at radius 1 is 1.07 bits per heavy atom. The summed E-state index contributed by atoms with van der Waals surface area (Å²) in [6.45, 7) is 0. The minimum Gasteiger partial charge on any atom is -0.497 e. The molecule has 0 fully saturated rings. The third-order valence-corrected chi connectivity index (χ3v) is 4.86. The Bertz CT molecular complexity index is 932. The molecule has 3 aromatic rings. The molecule has 1 N–H and O–H groups in total. The van der Waals surface area contributed by atoms with Crippen LogP contribution in [0, 0.1) is 0 Å². The van der Waals surface area contributed by atoms with Gasteiger partial charge in [-0.15, -0.1) is 10.2 Å². The highest BCUT2D eigenvalue weighted by Crippen LogP contribution is 2.24. The fraction of sp³-hybridized carbons (Fsp3) is 0.105. The van der Waals surface area contributed by atoms with Crippen LogP contribution < -0.4 is 10.1 Å². The van der Waals surface area contributed by atoms with Gasteiger partial charge in [0.1, 0.15) is 10.8 Å². The maximum atomic E-state index is 12.1. The van der Waals surface area contributed by atoms with Crippen LogP contribution in [0.15, 0.2) is 59.6 Å². The average molecular weight is 420 g/mol. The van der Waals surface area contributed by atoms with E-state index in [1.165, 1.54) is 11.8 Å². The van der Waals surface area contributed by atoms with Gasteiger partial charge in [0.15, 0.2) is 0 Å². The predicted octanol–water partition coefficient (Wildman–Crippen LogP) is 5.19. The number of amides is 1. The second kappa shape index (κ2) is 9.08. The van der Waals surface area contributed by atoms with Gasteiger partial charge in [0.25, 0.3) is 0 Å². The van der Waals surface area contributed by atoms with Crippen molar-refractivity contribution in [3.05, 3.63) is 64.6 Å². The first kappa shape index (κ1) is 19.5. The average Bonchev–Trinajstić information content (AvgIpc) is 2.66. The number of rotatable bonds is 6. The highest BCUT2D eigenvalue weighted by molar-refractivity contribution is 7.99. The van der Waals surface area contributed by atoms with Crippen molar-refractivity contribution in [1.29, 1.82) is 0 Å². The van der Waals surface area contributed by atoms with E-state index in [9.17, 15) is 4.79 Å². The van der Waals surface area contributed by atoms with Gasteiger partial charge in [-0.25, -0.2) is 0 Å². The van der Waals surface area contributed by atoms with Crippen molar-refractivity contribution >= 4 is 46.6 Å². The number of hydrogen-bond acceptors (Lipinski definition) is 5. The number of aromatic nitrogens is 2. The molecule has 0 saturated heterocycles. The van der Waals surface area contributed by atoms with Gasteiger partial charge in [0.2, 0.25) is 5.91 Å². The maximum Gasteiger partial charge on any atom is 0.234 e. The predicted molar refractivity (Wildman–Crippen MR) is 110 cm³/mol. The number of ether oxygens (including phenoxy) is 1. The van der Waals surface area contributed by atoms with Crippen LogP contribution in [0.1, 0.15) is 0 Å². The van der Waals surface area contributed by atoms with Crippen LogP contribution in [0.2, 0.25) is 10.0 Å². The Morgan fingerprint density at radius 3 is 2.52 bits per heavy atom. The molecule has 8 heteroatoms. The summed E-state index contributed by atoms with van der Waals surface area (Å²) in [5.74, 6) is 0.764. The van der Waals surface area contributed by atoms with E-state index in [0.29, 0.717) is 20.8 Å². The van der Waals surface area contributed by atoms with Crippen LogP contribution in [-0.2, 0) is 4.79 Å². The minimum absolute atomic E-state index is 0.183. The minimum atomic E-state index is -0.183. The van der Waals surface area contributed by atoms with E-state index in [1.807, 2.05) is 36.4 Å². The number of carbonyl (C=O) groups excluding carboxylic acids is 1. The number of carbonyl (C=O) groups is 1. The first-order chi connectivity index (χ1) is 13.0. The first-order valence-electron chi connectivity index (χ1n) is 7.90. The van der Waals surface area contributed by atoms with Gasteiger partial charge in [-0.1, -0.05) is 47.1 Å². The molecule has 0 radical (unpaired) electrons. The lowest BCUT2D eigenvalue weighted by molar-refractivity contribution is -0.113. The maximum absolute atomic E-state index is 12.1. The van der Waals surface area contributed by atoms with Crippen molar-refractivity contribution in [3.8, 4) is 17.0 Å². The second-order valence-corrected chi connectivity index (χ2v) is 7.35. The number of nitrogens with one attached hydrogen (secondary N) is 1. The molecule has 1 heterocycles. The Balaban J connectivity index is 1.59. The lowest BCUT2D eigenvalue weighted by atomic mass is 10.1. The Kier molecular flexibility index (Phi) is 6.55. The molecule has 0 unspecified atom stereocenters. The molecular weight excluding hydrogens is 405 g/mol. The monoisotopic (exact) mass is 419 g/mol. The highest BCUT2D eigenvalue weighted by atomic mass is 35.5. The van der Waals surface area contributed by atoms with Crippen LogP contribution in [0.4, 0.5) is 5.69 Å². The zero-order valence-corrected chi connectivity index (χ0v) is 16.6. The molecule has 2 aromatic carbocycles. The number of benzene rings is 2. The summed E-state index contributed by atoms with van der Waals surface area (Å²) >= 11 is 13.1. The molecule has 0 aliphatic rings. The topological polar surface area (TPSA) is 64.1 Å². The van der Waals surface area contributed by atoms with Gasteiger partial charge in [-0.3, -0.25) is 4.79 Å². The smallest absolute Gasteiger partial charge is 0.234 e. The molecule has 0 aliphatic heterocycles. The summed E-state index contributed by atoms with van der Waals surface area (Å²) in [4.78, 5) is 12.1. The molecule has 0 saturated carbocycles. The van der Waals surface area contributed by atoms with Crippen molar-refractivity contribution in [2.75, 3.05) is 18.2 Å². The third-order valence-electron chi connectivity index (χ3n) is 3.50. The van der Waals surface area contributed by atoms with Gasteiger partial charge in [0, 0.05) is 21.3 Å². The second-order valence-electron chi connectivity index (χ2n) is 5.48. The van der Waals surface area contributed by atoms with E-state index in [1.54, 1.807) is 25.3 Å². The summed E-state index contributed by atoms with van der Waals surface area (Å²) in [6.07, 6.45) is 0. The Labute approximate surface area is 171 Å². The Hall–Kier alpha value is -2.28. The number of thioether (sulfide) groups is 1. The summed E-state index contributed by atoms with van der Waals surface area (Å²) in [7, 11) is 1.62. The zero-order valence-electron chi connectivity index (χ0n) is 14.3. The van der Waals surface area contributed by atoms with Crippen LogP contribution >= 0.6 is 35.0 Å². The fourth-order valence-electron chi connectivity index (χ4n) is 2.30. The third kappa shape index (κ3) is 5.60. The quantitative estimate of drug-likeness (QED) is 0.556. The first-order valence-corrected chi connectivity index (χ1v) is 9.64. The number of halogens is 2. The molecule has 0 bridgehead atoms. The van der Waals surface area contributed by atoms with Gasteiger partial charge >= 0.3 is 0 Å².